The molecule has 2 rings (SSSR count). The summed E-state index contributed by atoms with van der Waals surface area (Å²) in [5.41, 5.74) is 1.18. The van der Waals surface area contributed by atoms with Crippen molar-refractivity contribution in [3.05, 3.63) is 39.7 Å². The van der Waals surface area contributed by atoms with Crippen LogP contribution in [0.3, 0.4) is 0 Å². The van der Waals surface area contributed by atoms with Crippen LogP contribution in [-0.4, -0.2) is 33.3 Å². The molecule has 0 atom stereocenters. The van der Waals surface area contributed by atoms with E-state index < -0.39 is 4.92 Å². The zero-order valence-electron chi connectivity index (χ0n) is 11.6. The highest BCUT2D eigenvalue weighted by molar-refractivity contribution is 5.73. The maximum Gasteiger partial charge on any atom is 0.313 e. The van der Waals surface area contributed by atoms with Gasteiger partial charge in [0, 0.05) is 6.07 Å². The Morgan fingerprint density at radius 3 is 2.81 bits per heavy atom. The summed E-state index contributed by atoms with van der Waals surface area (Å²) < 4.78 is 6.40. The van der Waals surface area contributed by atoms with E-state index in [0.717, 1.165) is 6.42 Å². The molecule has 1 aromatic carbocycles. The van der Waals surface area contributed by atoms with Gasteiger partial charge in [0.15, 0.2) is 12.0 Å². The first kappa shape index (κ1) is 14.6. The van der Waals surface area contributed by atoms with Gasteiger partial charge in [-0.2, -0.15) is 0 Å². The molecule has 0 unspecified atom stereocenters. The third kappa shape index (κ3) is 2.73. The van der Waals surface area contributed by atoms with Gasteiger partial charge >= 0.3 is 5.69 Å². The number of hydrogen-bond acceptors (Lipinski definition) is 6. The Bertz CT molecular complexity index is 681. The quantitative estimate of drug-likeness (QED) is 0.458. The SMILES string of the molecule is CCCc1c(C=O)nnn1-c1ccc(OC)c([N+](=O)[O-])c1. The number of methoxy groups -OCH3 is 1. The molecule has 0 bridgehead atoms. The van der Waals surface area contributed by atoms with E-state index in [2.05, 4.69) is 10.3 Å². The zero-order chi connectivity index (χ0) is 15.4. The van der Waals surface area contributed by atoms with Crippen LogP contribution in [0.15, 0.2) is 18.2 Å². The van der Waals surface area contributed by atoms with Gasteiger partial charge in [0.25, 0.3) is 0 Å². The Labute approximate surface area is 120 Å². The van der Waals surface area contributed by atoms with Crippen molar-refractivity contribution >= 4 is 12.0 Å². The molecule has 110 valence electrons. The largest absolute Gasteiger partial charge is 0.490 e. The van der Waals surface area contributed by atoms with E-state index in [1.807, 2.05) is 6.92 Å². The highest BCUT2D eigenvalue weighted by Gasteiger charge is 2.19. The first-order valence-electron chi connectivity index (χ1n) is 6.35. The molecule has 8 nitrogen and oxygen atoms in total. The van der Waals surface area contributed by atoms with E-state index in [9.17, 15) is 14.9 Å². The van der Waals surface area contributed by atoms with Gasteiger partial charge < -0.3 is 4.74 Å². The minimum absolute atomic E-state index is 0.163. The normalized spacial score (nSPS) is 10.4. The number of aldehydes is 1. The summed E-state index contributed by atoms with van der Waals surface area (Å²) in [4.78, 5) is 21.5. The summed E-state index contributed by atoms with van der Waals surface area (Å²) in [7, 11) is 1.37. The third-order valence-corrected chi connectivity index (χ3v) is 3.00. The predicted molar refractivity (Wildman–Crippen MR) is 73.9 cm³/mol. The summed E-state index contributed by atoms with van der Waals surface area (Å²) in [5.74, 6) is 0.163. The number of nitro groups is 1. The molecule has 0 amide bonds. The van der Waals surface area contributed by atoms with Gasteiger partial charge in [-0.1, -0.05) is 18.6 Å². The number of rotatable bonds is 6. The van der Waals surface area contributed by atoms with E-state index >= 15 is 0 Å². The number of ether oxygens (including phenoxy) is 1. The Hall–Kier alpha value is -2.77. The molecule has 0 fully saturated rings. The lowest BCUT2D eigenvalue weighted by atomic mass is 10.2. The van der Waals surface area contributed by atoms with E-state index in [1.165, 1.54) is 23.9 Å². The maximum absolute atomic E-state index is 11.1. The van der Waals surface area contributed by atoms with Crippen LogP contribution in [0.5, 0.6) is 5.75 Å². The van der Waals surface area contributed by atoms with Crippen LogP contribution in [0.2, 0.25) is 0 Å². The van der Waals surface area contributed by atoms with Gasteiger partial charge in [0.1, 0.15) is 5.69 Å². The summed E-state index contributed by atoms with van der Waals surface area (Å²) in [6, 6.07) is 4.47. The molecule has 1 heterocycles. The second-order valence-corrected chi connectivity index (χ2v) is 4.31. The van der Waals surface area contributed by atoms with Crippen LogP contribution in [0.1, 0.15) is 29.5 Å². The van der Waals surface area contributed by atoms with Crippen molar-refractivity contribution in [3.8, 4) is 11.4 Å². The molecule has 2 aromatic rings. The number of carbonyl (C=O) groups is 1. The molecule has 0 spiro atoms. The van der Waals surface area contributed by atoms with Crippen molar-refractivity contribution < 1.29 is 14.5 Å². The first-order valence-corrected chi connectivity index (χ1v) is 6.35. The lowest BCUT2D eigenvalue weighted by Gasteiger charge is -2.07. The topological polar surface area (TPSA) is 100 Å². The predicted octanol–water partition coefficient (Wildman–Crippen LogP) is 1.95. The maximum atomic E-state index is 11.1. The van der Waals surface area contributed by atoms with Gasteiger partial charge in [-0.05, 0) is 18.6 Å². The molecule has 0 N–H and O–H groups in total. The van der Waals surface area contributed by atoms with E-state index in [-0.39, 0.29) is 17.1 Å². The van der Waals surface area contributed by atoms with Crippen LogP contribution < -0.4 is 4.74 Å². The molecule has 0 aliphatic heterocycles. The Morgan fingerprint density at radius 2 is 2.24 bits per heavy atom. The van der Waals surface area contributed by atoms with Gasteiger partial charge in [-0.3, -0.25) is 14.9 Å². The Kier molecular flexibility index (Phi) is 4.27. The van der Waals surface area contributed by atoms with Gasteiger partial charge in [0.2, 0.25) is 0 Å². The Balaban J connectivity index is 2.57. The number of nitrogens with zero attached hydrogens (tertiary/aromatic N) is 4. The lowest BCUT2D eigenvalue weighted by Crippen LogP contribution is -2.05. The van der Waals surface area contributed by atoms with Crippen molar-refractivity contribution in [2.75, 3.05) is 7.11 Å². The molecule has 0 aliphatic carbocycles. The number of hydrogen-bond donors (Lipinski definition) is 0. The smallest absolute Gasteiger partial charge is 0.313 e. The van der Waals surface area contributed by atoms with Crippen molar-refractivity contribution in [1.82, 2.24) is 15.0 Å². The second kappa shape index (κ2) is 6.12. The molecule has 0 radical (unpaired) electrons. The Morgan fingerprint density at radius 1 is 1.48 bits per heavy atom. The molecule has 21 heavy (non-hydrogen) atoms. The fourth-order valence-corrected chi connectivity index (χ4v) is 2.04. The van der Waals surface area contributed by atoms with Crippen molar-refractivity contribution in [2.45, 2.75) is 19.8 Å². The molecule has 1 aromatic heterocycles. The van der Waals surface area contributed by atoms with Crippen LogP contribution in [0, 0.1) is 10.1 Å². The molecular weight excluding hydrogens is 276 g/mol. The van der Waals surface area contributed by atoms with Crippen LogP contribution in [0.25, 0.3) is 5.69 Å². The fourth-order valence-electron chi connectivity index (χ4n) is 2.04. The van der Waals surface area contributed by atoms with Crippen molar-refractivity contribution in [3.63, 3.8) is 0 Å². The van der Waals surface area contributed by atoms with Crippen molar-refractivity contribution in [1.29, 1.82) is 0 Å². The average Bonchev–Trinajstić information content (AvgIpc) is 2.89. The summed E-state index contributed by atoms with van der Waals surface area (Å²) in [5, 5.41) is 18.8. The fraction of sp³-hybridized carbons (Fsp3) is 0.308. The van der Waals surface area contributed by atoms with Gasteiger partial charge in [-0.25, -0.2) is 4.68 Å². The monoisotopic (exact) mass is 290 g/mol. The third-order valence-electron chi connectivity index (χ3n) is 3.00. The average molecular weight is 290 g/mol. The molecule has 0 saturated heterocycles. The number of nitro benzene ring substituents is 1. The first-order chi connectivity index (χ1) is 10.1. The minimum atomic E-state index is -0.528. The molecule has 0 saturated carbocycles. The number of carbonyl (C=O) groups excluding carboxylic acids is 1. The highest BCUT2D eigenvalue weighted by atomic mass is 16.6. The lowest BCUT2D eigenvalue weighted by molar-refractivity contribution is -0.385. The van der Waals surface area contributed by atoms with E-state index in [1.54, 1.807) is 6.07 Å². The van der Waals surface area contributed by atoms with E-state index in [0.29, 0.717) is 24.1 Å². The van der Waals surface area contributed by atoms with Crippen LogP contribution in [-0.2, 0) is 6.42 Å². The minimum Gasteiger partial charge on any atom is -0.490 e. The summed E-state index contributed by atoms with van der Waals surface area (Å²) in [6.45, 7) is 1.96. The standard InChI is InChI=1S/C13H14N4O4/c1-3-4-11-10(8-18)14-15-16(11)9-5-6-13(21-2)12(7-9)17(19)20/h5-8H,3-4H2,1-2H3. The molecule has 8 heteroatoms. The van der Waals surface area contributed by atoms with Crippen LogP contribution >= 0.6 is 0 Å². The van der Waals surface area contributed by atoms with Crippen molar-refractivity contribution in [2.24, 2.45) is 0 Å². The van der Waals surface area contributed by atoms with E-state index in [4.69, 9.17) is 4.74 Å². The van der Waals surface area contributed by atoms with Gasteiger partial charge in [0.05, 0.1) is 23.4 Å². The van der Waals surface area contributed by atoms with Gasteiger partial charge in [-0.15, -0.1) is 5.10 Å². The molecular formula is C13H14N4O4. The number of benzene rings is 1. The summed E-state index contributed by atoms with van der Waals surface area (Å²) >= 11 is 0. The number of aromatic nitrogens is 3. The summed E-state index contributed by atoms with van der Waals surface area (Å²) in [6.07, 6.45) is 2.03. The second-order valence-electron chi connectivity index (χ2n) is 4.31. The zero-order valence-corrected chi connectivity index (χ0v) is 11.6. The highest BCUT2D eigenvalue weighted by Crippen LogP contribution is 2.29. The molecule has 0 aliphatic rings. The van der Waals surface area contributed by atoms with Crippen LogP contribution in [0.4, 0.5) is 5.69 Å².